The van der Waals surface area contributed by atoms with Crippen molar-refractivity contribution >= 4 is 49.2 Å². The van der Waals surface area contributed by atoms with Crippen molar-refractivity contribution in [1.82, 2.24) is 0 Å². The number of halogens is 2. The summed E-state index contributed by atoms with van der Waals surface area (Å²) in [5.74, 6) is -0.825. The molecule has 1 aromatic heterocycles. The van der Waals surface area contributed by atoms with Crippen molar-refractivity contribution in [1.29, 1.82) is 0 Å². The minimum absolute atomic E-state index is 0.0984. The summed E-state index contributed by atoms with van der Waals surface area (Å²) in [4.78, 5) is 11.1. The van der Waals surface area contributed by atoms with E-state index in [0.717, 1.165) is 13.8 Å². The summed E-state index contributed by atoms with van der Waals surface area (Å²) in [6.45, 7) is 0. The number of carboxylic acids is 1. The Bertz CT molecular complexity index is 351. The number of carboxylic acid groups (broad SMARTS) is 1. The van der Waals surface area contributed by atoms with Crippen LogP contribution >= 0.6 is 43.2 Å². The molecule has 2 N–H and O–H groups in total. The quantitative estimate of drug-likeness (QED) is 0.846. The molecular formula is C9H10Br2O3S. The van der Waals surface area contributed by atoms with E-state index in [1.54, 1.807) is 0 Å². The third-order valence-corrected chi connectivity index (χ3v) is 5.55. The molecule has 0 saturated heterocycles. The highest BCUT2D eigenvalue weighted by Gasteiger charge is 2.15. The number of thiophene rings is 1. The van der Waals surface area contributed by atoms with Crippen LogP contribution in [0.4, 0.5) is 0 Å². The van der Waals surface area contributed by atoms with Crippen molar-refractivity contribution in [3.05, 3.63) is 19.2 Å². The Hall–Kier alpha value is 0.0900. The molecule has 6 heteroatoms. The zero-order valence-corrected chi connectivity index (χ0v) is 11.7. The Balaban J connectivity index is 2.50. The maximum absolute atomic E-state index is 10.3. The lowest BCUT2D eigenvalue weighted by molar-refractivity contribution is -0.137. The number of carbonyl (C=O) groups is 1. The summed E-state index contributed by atoms with van der Waals surface area (Å²) in [6, 6.07) is 0. The van der Waals surface area contributed by atoms with E-state index in [9.17, 15) is 9.90 Å². The van der Waals surface area contributed by atoms with E-state index in [1.165, 1.54) is 11.3 Å². The standard InChI is InChI=1S/C9H10Br2O3S/c10-5-4-15-9(8(5)11)6(12)2-1-3-7(13)14/h4,6,12H,1-3H2,(H,13,14). The van der Waals surface area contributed by atoms with Gasteiger partial charge in [0.25, 0.3) is 0 Å². The van der Waals surface area contributed by atoms with Gasteiger partial charge in [0.05, 0.1) is 6.10 Å². The molecule has 0 aliphatic heterocycles. The number of aliphatic carboxylic acids is 1. The molecule has 1 heterocycles. The Morgan fingerprint density at radius 2 is 2.20 bits per heavy atom. The molecule has 1 unspecified atom stereocenters. The van der Waals surface area contributed by atoms with Crippen LogP contribution in [0.2, 0.25) is 0 Å². The van der Waals surface area contributed by atoms with Gasteiger partial charge < -0.3 is 10.2 Å². The maximum atomic E-state index is 10.3. The van der Waals surface area contributed by atoms with Crippen molar-refractivity contribution < 1.29 is 15.0 Å². The SMILES string of the molecule is O=C(O)CCCC(O)c1scc(Br)c1Br. The van der Waals surface area contributed by atoms with Gasteiger partial charge in [-0.05, 0) is 44.7 Å². The molecule has 0 saturated carbocycles. The second-order valence-corrected chi connectivity index (χ2v) is 5.62. The number of hydrogen-bond acceptors (Lipinski definition) is 3. The molecule has 3 nitrogen and oxygen atoms in total. The predicted molar refractivity (Wildman–Crippen MR) is 66.2 cm³/mol. The molecular weight excluding hydrogens is 348 g/mol. The molecule has 1 atom stereocenters. The van der Waals surface area contributed by atoms with E-state index in [1.807, 2.05) is 5.38 Å². The lowest BCUT2D eigenvalue weighted by Crippen LogP contribution is -1.99. The van der Waals surface area contributed by atoms with Crippen molar-refractivity contribution in [2.45, 2.75) is 25.4 Å². The molecule has 84 valence electrons. The fraction of sp³-hybridized carbons (Fsp3) is 0.444. The van der Waals surface area contributed by atoms with Gasteiger partial charge >= 0.3 is 5.97 Å². The fourth-order valence-electron chi connectivity index (χ4n) is 1.14. The summed E-state index contributed by atoms with van der Waals surface area (Å²) in [6.07, 6.45) is 0.465. The predicted octanol–water partition coefficient (Wildman–Crippen LogP) is 3.56. The first-order valence-electron chi connectivity index (χ1n) is 4.34. The van der Waals surface area contributed by atoms with Gasteiger partial charge in [0.15, 0.2) is 0 Å². The fourth-order valence-corrected chi connectivity index (χ4v) is 3.41. The van der Waals surface area contributed by atoms with E-state index in [0.29, 0.717) is 12.8 Å². The molecule has 1 rings (SSSR count). The van der Waals surface area contributed by atoms with Gasteiger partial charge in [-0.25, -0.2) is 0 Å². The molecule has 1 aromatic rings. The van der Waals surface area contributed by atoms with E-state index >= 15 is 0 Å². The zero-order chi connectivity index (χ0) is 11.4. The van der Waals surface area contributed by atoms with Crippen molar-refractivity contribution in [3.63, 3.8) is 0 Å². The van der Waals surface area contributed by atoms with Crippen molar-refractivity contribution in [2.75, 3.05) is 0 Å². The Labute approximate surface area is 108 Å². The van der Waals surface area contributed by atoms with Crippen LogP contribution in [-0.2, 0) is 4.79 Å². The minimum Gasteiger partial charge on any atom is -0.481 e. The lowest BCUT2D eigenvalue weighted by atomic mass is 10.1. The number of aliphatic hydroxyl groups excluding tert-OH is 1. The third kappa shape index (κ3) is 3.86. The van der Waals surface area contributed by atoms with Crippen LogP contribution in [0.5, 0.6) is 0 Å². The van der Waals surface area contributed by atoms with Crippen LogP contribution < -0.4 is 0 Å². The van der Waals surface area contributed by atoms with Crippen LogP contribution in [0.1, 0.15) is 30.2 Å². The van der Waals surface area contributed by atoms with Gasteiger partial charge in [0.1, 0.15) is 0 Å². The summed E-state index contributed by atoms with van der Waals surface area (Å²) < 4.78 is 1.77. The Morgan fingerprint density at radius 1 is 1.53 bits per heavy atom. The highest BCUT2D eigenvalue weighted by Crippen LogP contribution is 2.37. The molecule has 0 amide bonds. The number of aliphatic hydroxyl groups is 1. The highest BCUT2D eigenvalue weighted by atomic mass is 79.9. The molecule has 0 aliphatic rings. The van der Waals surface area contributed by atoms with Gasteiger partial charge in [-0.1, -0.05) is 0 Å². The van der Waals surface area contributed by atoms with Crippen molar-refractivity contribution in [2.24, 2.45) is 0 Å². The van der Waals surface area contributed by atoms with Gasteiger partial charge in [-0.2, -0.15) is 0 Å². The van der Waals surface area contributed by atoms with Gasteiger partial charge in [0.2, 0.25) is 0 Å². The monoisotopic (exact) mass is 356 g/mol. The van der Waals surface area contributed by atoms with Crippen LogP contribution in [-0.4, -0.2) is 16.2 Å². The molecule has 0 bridgehead atoms. The van der Waals surface area contributed by atoms with Crippen LogP contribution in [0, 0.1) is 0 Å². The summed E-state index contributed by atoms with van der Waals surface area (Å²) in [5, 5.41) is 20.1. The first-order valence-corrected chi connectivity index (χ1v) is 6.81. The van der Waals surface area contributed by atoms with Crippen molar-refractivity contribution in [3.8, 4) is 0 Å². The third-order valence-electron chi connectivity index (χ3n) is 1.89. The molecule has 0 aliphatic carbocycles. The summed E-state index contributed by atoms with van der Waals surface area (Å²) in [7, 11) is 0. The van der Waals surface area contributed by atoms with Gasteiger partial charge in [-0.15, -0.1) is 11.3 Å². The average Bonchev–Trinajstić information content (AvgIpc) is 2.47. The first kappa shape index (κ1) is 13.2. The molecule has 0 aromatic carbocycles. The Morgan fingerprint density at radius 3 is 2.67 bits per heavy atom. The largest absolute Gasteiger partial charge is 0.481 e. The van der Waals surface area contributed by atoms with E-state index in [2.05, 4.69) is 31.9 Å². The van der Waals surface area contributed by atoms with E-state index < -0.39 is 12.1 Å². The number of hydrogen-bond donors (Lipinski definition) is 2. The zero-order valence-electron chi connectivity index (χ0n) is 7.74. The van der Waals surface area contributed by atoms with E-state index in [-0.39, 0.29) is 6.42 Å². The van der Waals surface area contributed by atoms with Crippen LogP contribution in [0.25, 0.3) is 0 Å². The maximum Gasteiger partial charge on any atom is 0.303 e. The topological polar surface area (TPSA) is 57.5 Å². The Kier molecular flexibility index (Phi) is 5.25. The first-order chi connectivity index (χ1) is 7.02. The normalized spacial score (nSPS) is 12.7. The molecule has 0 spiro atoms. The molecule has 0 fully saturated rings. The minimum atomic E-state index is -0.825. The average molecular weight is 358 g/mol. The second kappa shape index (κ2) is 5.98. The number of rotatable bonds is 5. The smallest absolute Gasteiger partial charge is 0.303 e. The van der Waals surface area contributed by atoms with Crippen LogP contribution in [0.3, 0.4) is 0 Å². The summed E-state index contributed by atoms with van der Waals surface area (Å²) >= 11 is 8.14. The summed E-state index contributed by atoms with van der Waals surface area (Å²) in [5.41, 5.74) is 0. The van der Waals surface area contributed by atoms with Gasteiger partial charge in [-0.3, -0.25) is 4.79 Å². The van der Waals surface area contributed by atoms with Crippen LogP contribution in [0.15, 0.2) is 14.3 Å². The lowest BCUT2D eigenvalue weighted by Gasteiger charge is -2.08. The molecule has 0 radical (unpaired) electrons. The van der Waals surface area contributed by atoms with E-state index in [4.69, 9.17) is 5.11 Å². The highest BCUT2D eigenvalue weighted by molar-refractivity contribution is 9.13. The molecule has 15 heavy (non-hydrogen) atoms. The second-order valence-electron chi connectivity index (χ2n) is 3.06. The van der Waals surface area contributed by atoms with Gasteiger partial charge in [0, 0.05) is 25.6 Å².